The molecule has 11 heteroatoms. The van der Waals surface area contributed by atoms with E-state index in [1.165, 1.54) is 24.5 Å². The zero-order valence-electron chi connectivity index (χ0n) is 13.2. The summed E-state index contributed by atoms with van der Waals surface area (Å²) < 4.78 is 63.6. The molecular formula is C15H12F3N3O3S2. The van der Waals surface area contributed by atoms with Crippen LogP contribution in [0.1, 0.15) is 20.8 Å². The van der Waals surface area contributed by atoms with E-state index in [1.54, 1.807) is 11.4 Å². The molecule has 0 saturated carbocycles. The maximum atomic E-state index is 12.7. The fraction of sp³-hybridized carbons (Fsp3) is 0.200. The third kappa shape index (κ3) is 3.44. The van der Waals surface area contributed by atoms with Crippen molar-refractivity contribution in [3.63, 3.8) is 0 Å². The Kier molecular flexibility index (Phi) is 4.53. The third-order valence-electron chi connectivity index (χ3n) is 3.73. The van der Waals surface area contributed by atoms with E-state index in [9.17, 15) is 26.4 Å². The van der Waals surface area contributed by atoms with Gasteiger partial charge in [-0.3, -0.25) is 9.10 Å². The molecule has 0 aliphatic carbocycles. The first kappa shape index (κ1) is 18.4. The van der Waals surface area contributed by atoms with Crippen molar-refractivity contribution < 1.29 is 26.4 Å². The van der Waals surface area contributed by atoms with E-state index in [-0.39, 0.29) is 11.3 Å². The van der Waals surface area contributed by atoms with Gasteiger partial charge in [-0.2, -0.15) is 18.3 Å². The van der Waals surface area contributed by atoms with Gasteiger partial charge >= 0.3 is 6.18 Å². The second-order valence-corrected chi connectivity index (χ2v) is 8.35. The number of alkyl halides is 3. The smallest absolute Gasteiger partial charge is 0.271 e. The summed E-state index contributed by atoms with van der Waals surface area (Å²) in [5.74, 6) is -1.28. The number of thiophene rings is 1. The molecule has 6 nitrogen and oxygen atoms in total. The molecule has 1 aliphatic heterocycles. The average Bonchev–Trinajstić information content (AvgIpc) is 3.06. The van der Waals surface area contributed by atoms with Crippen molar-refractivity contribution in [3.05, 3.63) is 51.7 Å². The Morgan fingerprint density at radius 2 is 2.04 bits per heavy atom. The van der Waals surface area contributed by atoms with Crippen LogP contribution < -0.4 is 9.73 Å². The van der Waals surface area contributed by atoms with Crippen molar-refractivity contribution >= 4 is 38.7 Å². The number of hydrazone groups is 1. The Bertz CT molecular complexity index is 997. The number of amides is 1. The van der Waals surface area contributed by atoms with Crippen LogP contribution in [-0.2, 0) is 16.2 Å². The second kappa shape index (κ2) is 6.40. The van der Waals surface area contributed by atoms with E-state index in [0.717, 1.165) is 16.4 Å². The van der Waals surface area contributed by atoms with Crippen LogP contribution in [0.2, 0.25) is 0 Å². The molecule has 0 bridgehead atoms. The van der Waals surface area contributed by atoms with Gasteiger partial charge in [0, 0.05) is 12.6 Å². The molecule has 1 N–H and O–H groups in total. The van der Waals surface area contributed by atoms with Gasteiger partial charge in [-0.05, 0) is 29.6 Å². The minimum atomic E-state index is -4.57. The standard InChI is InChI=1S/C15H12F3N3O3S2/c1-21-12-5-6-25-13(12)11(8-26(21,23)24)19-20-14(22)9-3-2-4-10(7-9)15(16,17)18/h2-7H,8H2,1H3,(H,20,22)/b19-11-. The van der Waals surface area contributed by atoms with Crippen LogP contribution in [0.15, 0.2) is 40.8 Å². The van der Waals surface area contributed by atoms with Crippen LogP contribution in [0.4, 0.5) is 18.9 Å². The van der Waals surface area contributed by atoms with Crippen molar-refractivity contribution in [2.45, 2.75) is 6.18 Å². The molecule has 1 amide bonds. The van der Waals surface area contributed by atoms with Crippen LogP contribution in [-0.4, -0.2) is 32.8 Å². The maximum absolute atomic E-state index is 12.7. The van der Waals surface area contributed by atoms with E-state index in [1.807, 2.05) is 0 Å². The highest BCUT2D eigenvalue weighted by Crippen LogP contribution is 2.33. The molecule has 138 valence electrons. The average molecular weight is 403 g/mol. The maximum Gasteiger partial charge on any atom is 0.416 e. The lowest BCUT2D eigenvalue weighted by Crippen LogP contribution is -2.38. The largest absolute Gasteiger partial charge is 0.416 e. The molecule has 0 atom stereocenters. The molecule has 0 unspecified atom stereocenters. The number of fused-ring (bicyclic) bond motifs is 1. The zero-order valence-corrected chi connectivity index (χ0v) is 14.9. The normalized spacial score (nSPS) is 17.8. The summed E-state index contributed by atoms with van der Waals surface area (Å²) in [6.45, 7) is 0. The number of nitrogens with one attached hydrogen (secondary N) is 1. The number of benzene rings is 1. The fourth-order valence-electron chi connectivity index (χ4n) is 2.35. The van der Waals surface area contributed by atoms with Crippen molar-refractivity contribution in [3.8, 4) is 0 Å². The minimum Gasteiger partial charge on any atom is -0.271 e. The molecule has 2 heterocycles. The number of anilines is 1. The molecule has 1 aliphatic rings. The Morgan fingerprint density at radius 1 is 1.31 bits per heavy atom. The third-order valence-corrected chi connectivity index (χ3v) is 6.35. The topological polar surface area (TPSA) is 78.8 Å². The summed E-state index contributed by atoms with van der Waals surface area (Å²) in [5.41, 5.74) is 1.52. The molecule has 1 aromatic heterocycles. The number of nitrogens with zero attached hydrogens (tertiary/aromatic N) is 2. The molecule has 0 spiro atoms. The molecule has 2 aromatic rings. The van der Waals surface area contributed by atoms with Gasteiger partial charge in [0.15, 0.2) is 0 Å². The lowest BCUT2D eigenvalue weighted by Gasteiger charge is -2.25. The van der Waals surface area contributed by atoms with E-state index in [0.29, 0.717) is 16.6 Å². The molecule has 0 saturated heterocycles. The first-order chi connectivity index (χ1) is 12.1. The summed E-state index contributed by atoms with van der Waals surface area (Å²) in [6, 6.07) is 5.50. The molecule has 0 fully saturated rings. The van der Waals surface area contributed by atoms with Gasteiger partial charge in [-0.15, -0.1) is 11.3 Å². The van der Waals surface area contributed by atoms with Gasteiger partial charge in [0.1, 0.15) is 5.75 Å². The van der Waals surface area contributed by atoms with E-state index in [4.69, 9.17) is 0 Å². The molecule has 0 radical (unpaired) electrons. The van der Waals surface area contributed by atoms with Crippen LogP contribution in [0.3, 0.4) is 0 Å². The van der Waals surface area contributed by atoms with Gasteiger partial charge in [0.2, 0.25) is 10.0 Å². The molecule has 1 aromatic carbocycles. The van der Waals surface area contributed by atoms with E-state index < -0.39 is 33.4 Å². The number of carbonyl (C=O) groups is 1. The number of halogens is 3. The lowest BCUT2D eigenvalue weighted by molar-refractivity contribution is -0.137. The number of rotatable bonds is 2. The van der Waals surface area contributed by atoms with Gasteiger partial charge in [0.25, 0.3) is 5.91 Å². The highest BCUT2D eigenvalue weighted by Gasteiger charge is 2.33. The second-order valence-electron chi connectivity index (χ2n) is 5.44. The number of sulfonamides is 1. The number of hydrogen-bond donors (Lipinski definition) is 1. The van der Waals surface area contributed by atoms with Crippen LogP contribution in [0.25, 0.3) is 0 Å². The SMILES string of the molecule is CN1c2ccsc2/C(=N\NC(=O)c2cccc(C(F)(F)F)c2)CS1(=O)=O. The lowest BCUT2D eigenvalue weighted by atomic mass is 10.1. The number of hydrogen-bond acceptors (Lipinski definition) is 5. The van der Waals surface area contributed by atoms with E-state index >= 15 is 0 Å². The molecule has 3 rings (SSSR count). The van der Waals surface area contributed by atoms with E-state index in [2.05, 4.69) is 10.5 Å². The van der Waals surface area contributed by atoms with Gasteiger partial charge < -0.3 is 0 Å². The van der Waals surface area contributed by atoms with Gasteiger partial charge in [0.05, 0.1) is 21.8 Å². The predicted molar refractivity (Wildman–Crippen MR) is 92.0 cm³/mol. The van der Waals surface area contributed by atoms with Gasteiger partial charge in [-0.25, -0.2) is 13.8 Å². The summed E-state index contributed by atoms with van der Waals surface area (Å²) in [6.07, 6.45) is -4.57. The predicted octanol–water partition coefficient (Wildman–Crippen LogP) is 2.68. The quantitative estimate of drug-likeness (QED) is 0.783. The molecule has 26 heavy (non-hydrogen) atoms. The van der Waals surface area contributed by atoms with Crippen molar-refractivity contribution in [2.24, 2.45) is 5.10 Å². The van der Waals surface area contributed by atoms with Crippen molar-refractivity contribution in [1.29, 1.82) is 0 Å². The monoisotopic (exact) mass is 403 g/mol. The first-order valence-corrected chi connectivity index (χ1v) is 9.67. The zero-order chi connectivity index (χ0) is 19.1. The highest BCUT2D eigenvalue weighted by molar-refractivity contribution is 7.93. The van der Waals surface area contributed by atoms with Crippen molar-refractivity contribution in [1.82, 2.24) is 5.43 Å². The minimum absolute atomic E-state index is 0.133. The molecular weight excluding hydrogens is 391 g/mol. The first-order valence-electron chi connectivity index (χ1n) is 7.18. The van der Waals surface area contributed by atoms with Crippen LogP contribution in [0.5, 0.6) is 0 Å². The summed E-state index contributed by atoms with van der Waals surface area (Å²) in [4.78, 5) is 12.7. The van der Waals surface area contributed by atoms with Gasteiger partial charge in [-0.1, -0.05) is 6.07 Å². The summed E-state index contributed by atoms with van der Waals surface area (Å²) in [5, 5.41) is 5.52. The highest BCUT2D eigenvalue weighted by atomic mass is 32.2. The Hall–Kier alpha value is -2.40. The number of carbonyl (C=O) groups excluding carboxylic acids is 1. The fourth-order valence-corrected chi connectivity index (χ4v) is 4.62. The Labute approximate surface area is 151 Å². The van der Waals surface area contributed by atoms with Crippen molar-refractivity contribution in [2.75, 3.05) is 17.1 Å². The van der Waals surface area contributed by atoms with Crippen LogP contribution in [0, 0.1) is 0 Å². The Morgan fingerprint density at radius 3 is 2.73 bits per heavy atom. The Balaban J connectivity index is 1.87. The summed E-state index contributed by atoms with van der Waals surface area (Å²) in [7, 11) is -2.21. The summed E-state index contributed by atoms with van der Waals surface area (Å²) >= 11 is 1.25. The van der Waals surface area contributed by atoms with Crippen LogP contribution >= 0.6 is 11.3 Å².